The van der Waals surface area contributed by atoms with Crippen molar-refractivity contribution >= 4 is 28.3 Å². The number of anilines is 1. The molecule has 0 radical (unpaired) electrons. The Labute approximate surface area is 148 Å². The molecule has 0 atom stereocenters. The number of nitrogens with one attached hydrogen (secondary N) is 2. The first-order chi connectivity index (χ1) is 12.5. The molecular formula is C19H17N3O4. The van der Waals surface area contributed by atoms with E-state index in [1.54, 1.807) is 48.5 Å². The third-order valence-electron chi connectivity index (χ3n) is 4.02. The van der Waals surface area contributed by atoms with Crippen LogP contribution in [0, 0.1) is 0 Å². The lowest BCUT2D eigenvalue weighted by Crippen LogP contribution is -2.31. The van der Waals surface area contributed by atoms with Crippen LogP contribution >= 0.6 is 0 Å². The quantitative estimate of drug-likeness (QED) is 0.686. The first kappa shape index (κ1) is 17.3. The van der Waals surface area contributed by atoms with E-state index in [9.17, 15) is 19.2 Å². The highest BCUT2D eigenvalue weighted by atomic mass is 16.2. The summed E-state index contributed by atoms with van der Waals surface area (Å²) in [5.74, 6) is -0.389. The number of rotatable bonds is 5. The number of carbonyl (C=O) groups excluding carboxylic acids is 2. The van der Waals surface area contributed by atoms with Crippen LogP contribution in [-0.4, -0.2) is 21.2 Å². The van der Waals surface area contributed by atoms with E-state index in [0.29, 0.717) is 22.2 Å². The summed E-state index contributed by atoms with van der Waals surface area (Å²) >= 11 is 0. The highest BCUT2D eigenvalue weighted by molar-refractivity contribution is 5.97. The first-order valence-corrected chi connectivity index (χ1v) is 8.08. The molecular weight excluding hydrogens is 334 g/mol. The van der Waals surface area contributed by atoms with Gasteiger partial charge >= 0.3 is 5.69 Å². The molecule has 7 heteroatoms. The predicted octanol–water partition coefficient (Wildman–Crippen LogP) is 1.92. The van der Waals surface area contributed by atoms with Crippen LogP contribution in [0.15, 0.2) is 58.1 Å². The molecule has 0 aliphatic heterocycles. The number of benzene rings is 2. The summed E-state index contributed by atoms with van der Waals surface area (Å²) in [6, 6.07) is 13.4. The van der Waals surface area contributed by atoms with E-state index in [1.165, 1.54) is 11.5 Å². The monoisotopic (exact) mass is 351 g/mol. The second-order valence-corrected chi connectivity index (χ2v) is 5.86. The maximum absolute atomic E-state index is 12.2. The summed E-state index contributed by atoms with van der Waals surface area (Å²) in [6.07, 6.45) is 0.0419. The highest BCUT2D eigenvalue weighted by Gasteiger charge is 2.10. The lowest BCUT2D eigenvalue weighted by atomic mass is 10.1. The topological polar surface area (TPSA) is 101 Å². The van der Waals surface area contributed by atoms with E-state index in [-0.39, 0.29) is 24.7 Å². The van der Waals surface area contributed by atoms with Gasteiger partial charge in [0, 0.05) is 24.2 Å². The lowest BCUT2D eigenvalue weighted by molar-refractivity contribution is -0.116. The van der Waals surface area contributed by atoms with Crippen molar-refractivity contribution in [2.75, 3.05) is 5.32 Å². The summed E-state index contributed by atoms with van der Waals surface area (Å²) in [4.78, 5) is 49.8. The van der Waals surface area contributed by atoms with E-state index in [4.69, 9.17) is 0 Å². The van der Waals surface area contributed by atoms with Crippen LogP contribution in [0.1, 0.15) is 23.7 Å². The number of aromatic amines is 1. The van der Waals surface area contributed by atoms with Crippen LogP contribution in [0.4, 0.5) is 5.69 Å². The molecule has 0 aliphatic carbocycles. The Hall–Kier alpha value is -3.48. The molecule has 2 N–H and O–H groups in total. The number of aryl methyl sites for hydroxylation is 1. The van der Waals surface area contributed by atoms with E-state index < -0.39 is 11.2 Å². The van der Waals surface area contributed by atoms with Crippen molar-refractivity contribution in [3.05, 3.63) is 74.9 Å². The molecule has 0 saturated heterocycles. The van der Waals surface area contributed by atoms with Crippen molar-refractivity contribution in [2.45, 2.75) is 19.9 Å². The Kier molecular flexibility index (Phi) is 4.79. The molecule has 0 saturated carbocycles. The van der Waals surface area contributed by atoms with Crippen LogP contribution < -0.4 is 16.6 Å². The number of Topliss-reactive ketones (excluding diaryl/α,β-unsaturated/α-hetero) is 1. The zero-order chi connectivity index (χ0) is 18.7. The fraction of sp³-hybridized carbons (Fsp3) is 0.158. The number of nitrogens with zero attached hydrogens (tertiary/aromatic N) is 1. The highest BCUT2D eigenvalue weighted by Crippen LogP contribution is 2.12. The van der Waals surface area contributed by atoms with Crippen molar-refractivity contribution in [3.8, 4) is 0 Å². The Bertz CT molecular complexity index is 1110. The standard InChI is InChI=1S/C19H17N3O4/c1-12(23)13-5-4-6-14(11-13)20-17(24)9-10-22-16-8-3-2-7-15(16)18(25)21-19(22)26/h2-8,11H,9-10H2,1H3,(H,20,24)(H,21,25,26). The van der Waals surface area contributed by atoms with Crippen molar-refractivity contribution in [1.29, 1.82) is 0 Å². The van der Waals surface area contributed by atoms with Gasteiger partial charge in [-0.25, -0.2) is 4.79 Å². The summed E-state index contributed by atoms with van der Waals surface area (Å²) in [5.41, 5.74) is 0.493. The number of hydrogen-bond donors (Lipinski definition) is 2. The number of ketones is 1. The van der Waals surface area contributed by atoms with Gasteiger partial charge in [-0.2, -0.15) is 0 Å². The van der Waals surface area contributed by atoms with Gasteiger partial charge in [-0.1, -0.05) is 24.3 Å². The minimum atomic E-state index is -0.555. The largest absolute Gasteiger partial charge is 0.328 e. The normalized spacial score (nSPS) is 10.7. The predicted molar refractivity (Wildman–Crippen MR) is 98.5 cm³/mol. The van der Waals surface area contributed by atoms with Gasteiger partial charge in [-0.3, -0.25) is 23.9 Å². The molecule has 132 valence electrons. The number of fused-ring (bicyclic) bond motifs is 1. The average molecular weight is 351 g/mol. The Morgan fingerprint density at radius 1 is 1.08 bits per heavy atom. The Morgan fingerprint density at radius 3 is 2.62 bits per heavy atom. The smallest absolute Gasteiger partial charge is 0.326 e. The zero-order valence-corrected chi connectivity index (χ0v) is 14.1. The molecule has 1 aromatic heterocycles. The fourth-order valence-electron chi connectivity index (χ4n) is 2.72. The minimum absolute atomic E-state index is 0.0419. The zero-order valence-electron chi connectivity index (χ0n) is 14.1. The van der Waals surface area contributed by atoms with Gasteiger partial charge in [-0.15, -0.1) is 0 Å². The van der Waals surface area contributed by atoms with Crippen LogP contribution in [0.2, 0.25) is 0 Å². The summed E-state index contributed by atoms with van der Waals surface area (Å²) < 4.78 is 1.36. The summed E-state index contributed by atoms with van der Waals surface area (Å²) in [5, 5.41) is 3.10. The third kappa shape index (κ3) is 3.61. The Morgan fingerprint density at radius 2 is 1.85 bits per heavy atom. The average Bonchev–Trinajstić information content (AvgIpc) is 2.61. The van der Waals surface area contributed by atoms with Gasteiger partial charge in [0.05, 0.1) is 10.9 Å². The van der Waals surface area contributed by atoms with Crippen LogP contribution in [0.5, 0.6) is 0 Å². The van der Waals surface area contributed by atoms with Crippen molar-refractivity contribution in [1.82, 2.24) is 9.55 Å². The molecule has 1 amide bonds. The number of H-pyrrole nitrogens is 1. The van der Waals surface area contributed by atoms with Crippen LogP contribution in [0.3, 0.4) is 0 Å². The SMILES string of the molecule is CC(=O)c1cccc(NC(=O)CCn2c(=O)[nH]c(=O)c3ccccc32)c1. The van der Waals surface area contributed by atoms with Crippen LogP contribution in [-0.2, 0) is 11.3 Å². The summed E-state index contributed by atoms with van der Waals surface area (Å²) in [7, 11) is 0. The maximum Gasteiger partial charge on any atom is 0.328 e. The molecule has 0 unspecified atom stereocenters. The van der Waals surface area contributed by atoms with Gasteiger partial charge in [0.25, 0.3) is 5.56 Å². The van der Waals surface area contributed by atoms with E-state index in [0.717, 1.165) is 0 Å². The minimum Gasteiger partial charge on any atom is -0.326 e. The van der Waals surface area contributed by atoms with Crippen LogP contribution in [0.25, 0.3) is 10.9 Å². The second kappa shape index (κ2) is 7.18. The number of hydrogen-bond acceptors (Lipinski definition) is 4. The summed E-state index contributed by atoms with van der Waals surface area (Å²) in [6.45, 7) is 1.57. The number of aromatic nitrogens is 2. The van der Waals surface area contributed by atoms with E-state index >= 15 is 0 Å². The molecule has 2 aromatic carbocycles. The molecule has 0 bridgehead atoms. The lowest BCUT2D eigenvalue weighted by Gasteiger charge is -2.10. The first-order valence-electron chi connectivity index (χ1n) is 8.08. The van der Waals surface area contributed by atoms with E-state index in [1.807, 2.05) is 0 Å². The molecule has 7 nitrogen and oxygen atoms in total. The molecule has 0 spiro atoms. The van der Waals surface area contributed by atoms with Gasteiger partial charge in [0.15, 0.2) is 5.78 Å². The maximum atomic E-state index is 12.2. The molecule has 3 aromatic rings. The number of para-hydroxylation sites is 1. The van der Waals surface area contributed by atoms with Gasteiger partial charge < -0.3 is 5.32 Å². The van der Waals surface area contributed by atoms with Crippen molar-refractivity contribution in [2.24, 2.45) is 0 Å². The molecule has 26 heavy (non-hydrogen) atoms. The number of carbonyl (C=O) groups is 2. The van der Waals surface area contributed by atoms with Gasteiger partial charge in [0.2, 0.25) is 5.91 Å². The number of amides is 1. The second-order valence-electron chi connectivity index (χ2n) is 5.86. The molecule has 1 heterocycles. The van der Waals surface area contributed by atoms with Gasteiger partial charge in [-0.05, 0) is 31.2 Å². The Balaban J connectivity index is 1.77. The fourth-order valence-corrected chi connectivity index (χ4v) is 2.72. The molecule has 0 fully saturated rings. The van der Waals surface area contributed by atoms with Gasteiger partial charge in [0.1, 0.15) is 0 Å². The van der Waals surface area contributed by atoms with Crippen molar-refractivity contribution in [3.63, 3.8) is 0 Å². The third-order valence-corrected chi connectivity index (χ3v) is 4.02. The van der Waals surface area contributed by atoms with Crippen molar-refractivity contribution < 1.29 is 9.59 Å². The molecule has 0 aliphatic rings. The molecule has 3 rings (SSSR count). The van der Waals surface area contributed by atoms with E-state index in [2.05, 4.69) is 10.3 Å².